The van der Waals surface area contributed by atoms with Crippen LogP contribution in [-0.2, 0) is 0 Å². The monoisotopic (exact) mass is 262 g/mol. The van der Waals surface area contributed by atoms with Crippen molar-refractivity contribution in [3.05, 3.63) is 35.4 Å². The highest BCUT2D eigenvalue weighted by Gasteiger charge is 2.18. The van der Waals surface area contributed by atoms with E-state index in [-0.39, 0.29) is 5.91 Å². The molecule has 0 aliphatic heterocycles. The summed E-state index contributed by atoms with van der Waals surface area (Å²) in [5.74, 6) is 0.397. The van der Waals surface area contributed by atoms with Crippen LogP contribution in [0.2, 0.25) is 0 Å². The second-order valence-electron chi connectivity index (χ2n) is 3.72. The topological polar surface area (TPSA) is 51.2 Å². The lowest BCUT2D eigenvalue weighted by Gasteiger charge is -2.08. The summed E-state index contributed by atoms with van der Waals surface area (Å²) < 4.78 is 6.11. The molecule has 94 valence electrons. The molecule has 5 heteroatoms. The largest absolute Gasteiger partial charge is 0.496 e. The summed E-state index contributed by atoms with van der Waals surface area (Å²) in [5, 5.41) is 3.69. The number of rotatable bonds is 4. The van der Waals surface area contributed by atoms with Gasteiger partial charge in [0.1, 0.15) is 11.3 Å². The van der Waals surface area contributed by atoms with Crippen molar-refractivity contribution in [1.29, 1.82) is 0 Å². The van der Waals surface area contributed by atoms with Crippen LogP contribution in [-0.4, -0.2) is 24.5 Å². The molecule has 1 N–H and O–H groups in total. The van der Waals surface area contributed by atoms with E-state index in [0.717, 1.165) is 15.2 Å². The van der Waals surface area contributed by atoms with Gasteiger partial charge in [-0.2, -0.15) is 0 Å². The maximum atomic E-state index is 12.1. The van der Waals surface area contributed by atoms with Gasteiger partial charge in [-0.1, -0.05) is 6.08 Å². The van der Waals surface area contributed by atoms with Crippen LogP contribution in [0.4, 0.5) is 0 Å². The molecule has 1 aromatic heterocycles. The van der Waals surface area contributed by atoms with Gasteiger partial charge in [0.05, 0.1) is 22.3 Å². The summed E-state index contributed by atoms with van der Waals surface area (Å²) in [5.41, 5.74) is 1.37. The third-order valence-corrected chi connectivity index (χ3v) is 3.48. The van der Waals surface area contributed by atoms with E-state index in [4.69, 9.17) is 4.74 Å². The number of fused-ring (bicyclic) bond motifs is 1. The first-order valence-electron chi connectivity index (χ1n) is 5.50. The Kier molecular flexibility index (Phi) is 3.62. The highest BCUT2D eigenvalue weighted by atomic mass is 32.1. The number of carbonyl (C=O) groups is 1. The maximum Gasteiger partial charge on any atom is 0.256 e. The van der Waals surface area contributed by atoms with Gasteiger partial charge in [-0.25, -0.2) is 4.98 Å². The van der Waals surface area contributed by atoms with Crippen molar-refractivity contribution >= 4 is 27.5 Å². The molecule has 0 bridgehead atoms. The molecule has 0 saturated carbocycles. The van der Waals surface area contributed by atoms with Gasteiger partial charge >= 0.3 is 0 Å². The standard InChI is InChI=1S/C13H14N2O2S/c1-4-7-14-13(16)11-10(17-3)6-5-9-12(11)18-8(2)15-9/h4-6H,1,7H2,2-3H3,(H,14,16). The van der Waals surface area contributed by atoms with Gasteiger partial charge in [0, 0.05) is 6.54 Å². The summed E-state index contributed by atoms with van der Waals surface area (Å²) >= 11 is 1.49. The Balaban J connectivity index is 2.56. The fourth-order valence-electron chi connectivity index (χ4n) is 1.72. The van der Waals surface area contributed by atoms with Gasteiger partial charge < -0.3 is 10.1 Å². The zero-order valence-corrected chi connectivity index (χ0v) is 11.1. The average molecular weight is 262 g/mol. The molecule has 0 unspecified atom stereocenters. The first-order valence-corrected chi connectivity index (χ1v) is 6.32. The number of aromatic nitrogens is 1. The number of benzene rings is 1. The minimum Gasteiger partial charge on any atom is -0.496 e. The molecular formula is C13H14N2O2S. The van der Waals surface area contributed by atoms with E-state index in [1.165, 1.54) is 11.3 Å². The molecule has 0 aliphatic carbocycles. The fourth-order valence-corrected chi connectivity index (χ4v) is 2.68. The minimum absolute atomic E-state index is 0.166. The number of ether oxygens (including phenoxy) is 1. The van der Waals surface area contributed by atoms with Gasteiger partial charge in [0.25, 0.3) is 5.91 Å². The van der Waals surface area contributed by atoms with Crippen molar-refractivity contribution < 1.29 is 9.53 Å². The molecule has 2 rings (SSSR count). The zero-order valence-electron chi connectivity index (χ0n) is 10.3. The van der Waals surface area contributed by atoms with E-state index in [1.807, 2.05) is 13.0 Å². The second kappa shape index (κ2) is 5.18. The average Bonchev–Trinajstić information content (AvgIpc) is 2.74. The summed E-state index contributed by atoms with van der Waals surface area (Å²) in [6.07, 6.45) is 1.64. The Morgan fingerprint density at radius 3 is 3.06 bits per heavy atom. The van der Waals surface area contributed by atoms with Gasteiger partial charge in [-0.3, -0.25) is 4.79 Å². The first-order chi connectivity index (χ1) is 8.67. The normalized spacial score (nSPS) is 10.3. The van der Waals surface area contributed by atoms with Crippen LogP contribution in [0.5, 0.6) is 5.75 Å². The van der Waals surface area contributed by atoms with E-state index >= 15 is 0 Å². The van der Waals surface area contributed by atoms with E-state index in [0.29, 0.717) is 17.9 Å². The van der Waals surface area contributed by atoms with Gasteiger partial charge in [0.2, 0.25) is 0 Å². The quantitative estimate of drug-likeness (QED) is 0.861. The Morgan fingerprint density at radius 2 is 2.39 bits per heavy atom. The van der Waals surface area contributed by atoms with E-state index < -0.39 is 0 Å². The number of thiazole rings is 1. The molecule has 4 nitrogen and oxygen atoms in total. The smallest absolute Gasteiger partial charge is 0.256 e. The molecular weight excluding hydrogens is 248 g/mol. The number of aryl methyl sites for hydroxylation is 1. The Hall–Kier alpha value is -1.88. The maximum absolute atomic E-state index is 12.1. The molecule has 2 aromatic rings. The molecule has 0 aliphatic rings. The van der Waals surface area contributed by atoms with Gasteiger partial charge in [-0.15, -0.1) is 17.9 Å². The minimum atomic E-state index is -0.166. The fraction of sp³-hybridized carbons (Fsp3) is 0.231. The van der Waals surface area contributed by atoms with Crippen molar-refractivity contribution in [2.24, 2.45) is 0 Å². The summed E-state index contributed by atoms with van der Waals surface area (Å²) in [4.78, 5) is 16.5. The Morgan fingerprint density at radius 1 is 1.61 bits per heavy atom. The number of amides is 1. The van der Waals surface area contributed by atoms with Crippen LogP contribution >= 0.6 is 11.3 Å². The lowest BCUT2D eigenvalue weighted by molar-refractivity contribution is 0.0957. The predicted molar refractivity (Wildman–Crippen MR) is 73.4 cm³/mol. The molecule has 0 radical (unpaired) electrons. The van der Waals surface area contributed by atoms with Crippen molar-refractivity contribution in [1.82, 2.24) is 10.3 Å². The van der Waals surface area contributed by atoms with Crippen molar-refractivity contribution in [2.75, 3.05) is 13.7 Å². The van der Waals surface area contributed by atoms with Gasteiger partial charge in [-0.05, 0) is 19.1 Å². The highest BCUT2D eigenvalue weighted by molar-refractivity contribution is 7.19. The Bertz CT molecular complexity index is 604. The zero-order chi connectivity index (χ0) is 13.1. The Labute approximate surface area is 109 Å². The van der Waals surface area contributed by atoms with Crippen molar-refractivity contribution in [3.8, 4) is 5.75 Å². The molecule has 0 saturated heterocycles. The number of carbonyl (C=O) groups excluding carboxylic acids is 1. The lowest BCUT2D eigenvalue weighted by atomic mass is 10.1. The molecule has 0 fully saturated rings. The first kappa shape index (κ1) is 12.6. The molecule has 1 amide bonds. The van der Waals surface area contributed by atoms with Gasteiger partial charge in [0.15, 0.2) is 0 Å². The number of methoxy groups -OCH3 is 1. The second-order valence-corrected chi connectivity index (χ2v) is 4.93. The van der Waals surface area contributed by atoms with E-state index in [1.54, 1.807) is 19.3 Å². The van der Waals surface area contributed by atoms with Crippen LogP contribution in [0.1, 0.15) is 15.4 Å². The van der Waals surface area contributed by atoms with E-state index in [9.17, 15) is 4.79 Å². The van der Waals surface area contributed by atoms with Crippen LogP contribution in [0, 0.1) is 6.92 Å². The van der Waals surface area contributed by atoms with E-state index in [2.05, 4.69) is 16.9 Å². The molecule has 1 heterocycles. The SMILES string of the molecule is C=CCNC(=O)c1c(OC)ccc2nc(C)sc12. The summed E-state index contributed by atoms with van der Waals surface area (Å²) in [6.45, 7) is 5.93. The van der Waals surface area contributed by atoms with Crippen LogP contribution < -0.4 is 10.1 Å². The van der Waals surface area contributed by atoms with Crippen molar-refractivity contribution in [3.63, 3.8) is 0 Å². The lowest BCUT2D eigenvalue weighted by Crippen LogP contribution is -2.23. The number of hydrogen-bond acceptors (Lipinski definition) is 4. The number of nitrogens with zero attached hydrogens (tertiary/aromatic N) is 1. The van der Waals surface area contributed by atoms with Crippen LogP contribution in [0.3, 0.4) is 0 Å². The number of nitrogens with one attached hydrogen (secondary N) is 1. The molecule has 18 heavy (non-hydrogen) atoms. The predicted octanol–water partition coefficient (Wildman–Crippen LogP) is 2.53. The van der Waals surface area contributed by atoms with Crippen LogP contribution in [0.15, 0.2) is 24.8 Å². The molecule has 0 spiro atoms. The summed E-state index contributed by atoms with van der Waals surface area (Å²) in [6, 6.07) is 3.63. The summed E-state index contributed by atoms with van der Waals surface area (Å²) in [7, 11) is 1.55. The number of hydrogen-bond donors (Lipinski definition) is 1. The third-order valence-electron chi connectivity index (χ3n) is 2.48. The highest BCUT2D eigenvalue weighted by Crippen LogP contribution is 2.31. The van der Waals surface area contributed by atoms with Crippen LogP contribution in [0.25, 0.3) is 10.2 Å². The van der Waals surface area contributed by atoms with Crippen molar-refractivity contribution in [2.45, 2.75) is 6.92 Å². The molecule has 1 aromatic carbocycles. The molecule has 0 atom stereocenters. The third kappa shape index (κ3) is 2.22.